The van der Waals surface area contributed by atoms with Crippen molar-refractivity contribution in [2.24, 2.45) is 9.98 Å². The standard InChI is InChI=1S/3C13H17N.C12H15NO.2C12H15N.C11H13NOS.CH4/c3*1-9-7-10-8-11(13(2,3)4)5-6-12(10)14-9;1-8-13-10-6-5-9(12(2,3)4)7-11(10)14-8;2*1-12(2,3)10-4-5-11-9(8-10)6-7-13-11;1-11(2,3)7-4-5-8-9(6-7)14-10(13)12-8;/h3*5-6,8,14H,1,7H2,2-4H3;5-7,13H,1H2,2-4H3;2*4-5,7-8H,6H2,1-3H3;4-6H,1-3H3,(H,12,13);1H4. The zero-order valence-corrected chi connectivity index (χ0v) is 62.6. The van der Waals surface area contributed by atoms with Crippen LogP contribution in [0.2, 0.25) is 0 Å². The molecule has 0 atom stereocenters. The minimum absolute atomic E-state index is 0. The molecule has 0 aliphatic carbocycles. The summed E-state index contributed by atoms with van der Waals surface area (Å²) in [6.07, 6.45) is 8.88. The molecule has 0 fully saturated rings. The molecule has 6 aliphatic rings. The summed E-state index contributed by atoms with van der Waals surface area (Å²) in [6, 6.07) is 45.5. The Labute approximate surface area is 587 Å². The van der Waals surface area contributed by atoms with Gasteiger partial charge in [0.25, 0.3) is 0 Å². The lowest BCUT2D eigenvalue weighted by molar-refractivity contribution is 0.457. The van der Waals surface area contributed by atoms with Crippen molar-refractivity contribution < 1.29 is 4.74 Å². The van der Waals surface area contributed by atoms with E-state index >= 15 is 0 Å². The van der Waals surface area contributed by atoms with Crippen LogP contribution in [0.3, 0.4) is 0 Å². The Bertz CT molecular complexity index is 3940. The molecule has 8 aromatic rings. The Morgan fingerprint density at radius 2 is 0.670 bits per heavy atom. The summed E-state index contributed by atoms with van der Waals surface area (Å²) in [4.78, 5) is 22.5. The SMILES string of the molecule is C.C=C1Cc2cc(C(C)(C)C)ccc2N1.C=C1Cc2cc(C(C)(C)C)ccc2N1.C=C1Cc2cc(C(C)(C)C)ccc2N1.C=C1Nc2ccc(C(C)(C)C)cc2O1.CC(C)(C)c1ccc2[nH]c(=O)sc2c1.CC(C)(C)c1ccc2c(c1)CC=N2.CC(C)(C)c1ccc2c(c1)CC=N2. The van der Waals surface area contributed by atoms with Gasteiger partial charge in [-0.2, -0.15) is 0 Å². The van der Waals surface area contributed by atoms with Crippen LogP contribution in [0.5, 0.6) is 5.75 Å². The van der Waals surface area contributed by atoms with E-state index in [0.29, 0.717) is 5.88 Å². The molecular formula is C87H113N7O2S. The summed E-state index contributed by atoms with van der Waals surface area (Å²) in [5.41, 5.74) is 29.1. The van der Waals surface area contributed by atoms with Gasteiger partial charge in [0.2, 0.25) is 0 Å². The van der Waals surface area contributed by atoms with Crippen molar-refractivity contribution in [3.63, 3.8) is 0 Å². The molecule has 0 spiro atoms. The molecule has 0 saturated heterocycles. The highest BCUT2D eigenvalue weighted by Crippen LogP contribution is 2.39. The van der Waals surface area contributed by atoms with Crippen LogP contribution in [-0.4, -0.2) is 17.4 Å². The smallest absolute Gasteiger partial charge is 0.305 e. The van der Waals surface area contributed by atoms with Crippen LogP contribution < -0.4 is 30.9 Å². The van der Waals surface area contributed by atoms with E-state index in [1.54, 1.807) is 0 Å². The summed E-state index contributed by atoms with van der Waals surface area (Å²) in [7, 11) is 0. The van der Waals surface area contributed by atoms with E-state index in [-0.39, 0.29) is 50.2 Å². The van der Waals surface area contributed by atoms with Gasteiger partial charge in [0.05, 0.1) is 27.3 Å². The molecule has 0 radical (unpaired) electrons. The first-order valence-corrected chi connectivity index (χ1v) is 34.8. The van der Waals surface area contributed by atoms with Crippen LogP contribution >= 0.6 is 11.3 Å². The molecule has 0 unspecified atom stereocenters. The molecule has 14 rings (SSSR count). The third kappa shape index (κ3) is 20.5. The zero-order chi connectivity index (χ0) is 70.7. The topological polar surface area (TPSA) is 115 Å². The van der Waals surface area contributed by atoms with Gasteiger partial charge in [0.15, 0.2) is 11.6 Å². The molecule has 0 amide bonds. The van der Waals surface area contributed by atoms with Crippen LogP contribution in [0.25, 0.3) is 10.2 Å². The number of aromatic amines is 1. The largest absolute Gasteiger partial charge is 0.440 e. The van der Waals surface area contributed by atoms with Crippen molar-refractivity contribution >= 4 is 68.1 Å². The quantitative estimate of drug-likeness (QED) is 0.103. The predicted molar refractivity (Wildman–Crippen MR) is 425 cm³/mol. The van der Waals surface area contributed by atoms with Crippen molar-refractivity contribution in [3.8, 4) is 5.75 Å². The van der Waals surface area contributed by atoms with Crippen molar-refractivity contribution in [3.05, 3.63) is 253 Å². The number of nitrogens with zero attached hydrogens (tertiary/aromatic N) is 2. The maximum Gasteiger partial charge on any atom is 0.305 e. The van der Waals surface area contributed by atoms with Gasteiger partial charge in [0.1, 0.15) is 0 Å². The molecule has 0 saturated carbocycles. The second kappa shape index (κ2) is 29.7. The highest BCUT2D eigenvalue weighted by atomic mass is 32.1. The molecule has 7 heterocycles. The molecule has 7 aromatic carbocycles. The average molecular weight is 1320 g/mol. The van der Waals surface area contributed by atoms with Gasteiger partial charge in [-0.25, -0.2) is 0 Å². The fourth-order valence-corrected chi connectivity index (χ4v) is 12.2. The minimum atomic E-state index is 0. The maximum atomic E-state index is 11.1. The van der Waals surface area contributed by atoms with Crippen LogP contribution in [-0.2, 0) is 70.0 Å². The molecule has 0 bridgehead atoms. The number of H-pyrrole nitrogens is 1. The molecule has 1 aromatic heterocycles. The van der Waals surface area contributed by atoms with Crippen molar-refractivity contribution in [2.45, 2.75) is 223 Å². The molecular weight excluding hydrogens is 1210 g/mol. The van der Waals surface area contributed by atoms with Crippen LogP contribution in [0, 0.1) is 0 Å². The Morgan fingerprint density at radius 3 is 1.02 bits per heavy atom. The van der Waals surface area contributed by atoms with Crippen molar-refractivity contribution in [1.82, 2.24) is 4.98 Å². The van der Waals surface area contributed by atoms with Crippen molar-refractivity contribution in [1.29, 1.82) is 0 Å². The first-order valence-electron chi connectivity index (χ1n) is 34.0. The minimum Gasteiger partial charge on any atom is -0.440 e. The molecule has 6 aliphatic heterocycles. The third-order valence-corrected chi connectivity index (χ3v) is 18.5. The van der Waals surface area contributed by atoms with Gasteiger partial charge < -0.3 is 31.0 Å². The number of aromatic nitrogens is 1. The number of ether oxygens (including phenoxy) is 1. The normalized spacial score (nSPS) is 14.4. The summed E-state index contributed by atoms with van der Waals surface area (Å²) < 4.78 is 6.48. The lowest BCUT2D eigenvalue weighted by atomic mass is 9.86. The van der Waals surface area contributed by atoms with E-state index in [1.807, 2.05) is 24.6 Å². The summed E-state index contributed by atoms with van der Waals surface area (Å²) >= 11 is 1.27. The van der Waals surface area contributed by atoms with E-state index in [2.05, 4.69) is 323 Å². The Balaban J connectivity index is 0.000000159. The maximum absolute atomic E-state index is 11.1. The molecule has 10 heteroatoms. The molecule has 5 N–H and O–H groups in total. The number of fused-ring (bicyclic) bond motifs is 7. The lowest BCUT2D eigenvalue weighted by Gasteiger charge is -2.19. The highest BCUT2D eigenvalue weighted by Gasteiger charge is 2.25. The van der Waals surface area contributed by atoms with Gasteiger partial charge >= 0.3 is 4.87 Å². The summed E-state index contributed by atoms with van der Waals surface area (Å²) in [6.45, 7) is 62.3. The fraction of sp³-hybridized carbons (Fsp3) is 0.391. The second-order valence-corrected chi connectivity index (χ2v) is 34.4. The van der Waals surface area contributed by atoms with E-state index in [1.165, 1.54) is 95.2 Å². The van der Waals surface area contributed by atoms with Crippen LogP contribution in [0.4, 0.5) is 34.1 Å². The molecule has 97 heavy (non-hydrogen) atoms. The van der Waals surface area contributed by atoms with Gasteiger partial charge in [-0.1, -0.05) is 257 Å². The van der Waals surface area contributed by atoms with E-state index in [4.69, 9.17) is 4.74 Å². The summed E-state index contributed by atoms with van der Waals surface area (Å²) in [5.74, 6) is 1.48. The lowest BCUT2D eigenvalue weighted by Crippen LogP contribution is -2.11. The number of allylic oxidation sites excluding steroid dienone is 3. The first kappa shape index (κ1) is 75.9. The van der Waals surface area contributed by atoms with Crippen LogP contribution in [0.15, 0.2) is 191 Å². The Kier molecular flexibility index (Phi) is 23.2. The zero-order valence-electron chi connectivity index (χ0n) is 61.8. The Hall–Kier alpha value is -8.47. The van der Waals surface area contributed by atoms with Crippen molar-refractivity contribution in [2.75, 3.05) is 21.3 Å². The molecule has 9 nitrogen and oxygen atoms in total. The number of hydrogen-bond donors (Lipinski definition) is 5. The predicted octanol–water partition coefficient (Wildman–Crippen LogP) is 23.7. The Morgan fingerprint density at radius 1 is 0.371 bits per heavy atom. The van der Waals surface area contributed by atoms with E-state index in [0.717, 1.165) is 82.2 Å². The van der Waals surface area contributed by atoms with E-state index < -0.39 is 0 Å². The van der Waals surface area contributed by atoms with Gasteiger partial charge in [-0.15, -0.1) is 0 Å². The number of anilines is 4. The number of nitrogens with one attached hydrogen (secondary N) is 5. The van der Waals surface area contributed by atoms with Gasteiger partial charge in [-0.3, -0.25) is 14.8 Å². The molecule has 514 valence electrons. The number of thiazole rings is 1. The number of hydrogen-bond acceptors (Lipinski definition) is 9. The van der Waals surface area contributed by atoms with Gasteiger partial charge in [-0.05, 0) is 166 Å². The summed E-state index contributed by atoms with van der Waals surface area (Å²) in [5, 5.41) is 12.9. The fourth-order valence-electron chi connectivity index (χ4n) is 11.4. The average Bonchev–Trinajstić information content (AvgIpc) is 1.83. The number of benzene rings is 7. The highest BCUT2D eigenvalue weighted by molar-refractivity contribution is 7.16. The van der Waals surface area contributed by atoms with E-state index in [9.17, 15) is 4.79 Å². The number of rotatable bonds is 0. The second-order valence-electron chi connectivity index (χ2n) is 33.4. The monoisotopic (exact) mass is 1320 g/mol. The first-order chi connectivity index (χ1) is 44.5. The number of aliphatic imine (C=N–C) groups is 2. The van der Waals surface area contributed by atoms with Crippen LogP contribution in [0.1, 0.15) is 220 Å². The third-order valence-electron chi connectivity index (χ3n) is 17.7. The van der Waals surface area contributed by atoms with Gasteiger partial charge in [0, 0.05) is 78.7 Å².